The molecule has 0 amide bonds. The van der Waals surface area contributed by atoms with Crippen LogP contribution >= 0.6 is 11.6 Å². The van der Waals surface area contributed by atoms with Gasteiger partial charge in [-0.1, -0.05) is 11.6 Å². The first-order valence-corrected chi connectivity index (χ1v) is 5.34. The highest BCUT2D eigenvalue weighted by Crippen LogP contribution is 2.28. The first-order valence-electron chi connectivity index (χ1n) is 4.96. The normalized spacial score (nSPS) is 15.2. The summed E-state index contributed by atoms with van der Waals surface area (Å²) in [5.74, 6) is 0.530. The van der Waals surface area contributed by atoms with Crippen molar-refractivity contribution in [2.75, 3.05) is 11.6 Å². The van der Waals surface area contributed by atoms with E-state index in [-0.39, 0.29) is 0 Å². The molecule has 0 saturated heterocycles. The molecule has 0 spiro atoms. The van der Waals surface area contributed by atoms with E-state index in [2.05, 4.69) is 4.98 Å². The van der Waals surface area contributed by atoms with Crippen molar-refractivity contribution in [2.24, 2.45) is 0 Å². The summed E-state index contributed by atoms with van der Waals surface area (Å²) in [4.78, 5) is 4.34. The van der Waals surface area contributed by atoms with Gasteiger partial charge >= 0.3 is 0 Å². The minimum Gasteiger partial charge on any atom is -0.285 e. The first kappa shape index (κ1) is 9.69. The Labute approximate surface area is 97.3 Å². The second-order valence-corrected chi connectivity index (χ2v) is 4.38. The molecule has 1 aliphatic heterocycles. The lowest BCUT2D eigenvalue weighted by molar-refractivity contribution is 0.254. The van der Waals surface area contributed by atoms with Gasteiger partial charge in [-0.3, -0.25) is 9.77 Å². The molecule has 1 N–H and O–H groups in total. The second-order valence-electron chi connectivity index (χ2n) is 3.95. The predicted molar refractivity (Wildman–Crippen MR) is 63.8 cm³/mol. The molecular weight excluding hydrogens is 226 g/mol. The average Bonchev–Trinajstić information content (AvgIpc) is 2.56. The molecule has 0 aliphatic carbocycles. The molecule has 0 radical (unpaired) electrons. The van der Waals surface area contributed by atoms with E-state index in [4.69, 9.17) is 11.6 Å². The summed E-state index contributed by atoms with van der Waals surface area (Å²) in [7, 11) is 0. The van der Waals surface area contributed by atoms with E-state index in [1.54, 1.807) is 6.07 Å². The summed E-state index contributed by atoms with van der Waals surface area (Å²) in [6.07, 6.45) is 1.98. The van der Waals surface area contributed by atoms with Crippen molar-refractivity contribution in [1.29, 1.82) is 0 Å². The van der Waals surface area contributed by atoms with Gasteiger partial charge in [-0.15, -0.1) is 0 Å². The van der Waals surface area contributed by atoms with Crippen LogP contribution in [0.2, 0.25) is 5.02 Å². The van der Waals surface area contributed by atoms with Gasteiger partial charge in [0.1, 0.15) is 0 Å². The van der Waals surface area contributed by atoms with E-state index in [9.17, 15) is 5.21 Å². The highest BCUT2D eigenvalue weighted by Gasteiger charge is 2.19. The maximum atomic E-state index is 9.78. The molecule has 1 aromatic heterocycles. The Morgan fingerprint density at radius 2 is 2.25 bits per heavy atom. The maximum Gasteiger partial charge on any atom is 0.235 e. The summed E-state index contributed by atoms with van der Waals surface area (Å²) in [5, 5.41) is 11.6. The molecule has 2 heterocycles. The molecular formula is C11H10ClN3O. The summed E-state index contributed by atoms with van der Waals surface area (Å²) in [6.45, 7) is 2.45. The lowest BCUT2D eigenvalue weighted by Crippen LogP contribution is -2.26. The van der Waals surface area contributed by atoms with E-state index in [0.29, 0.717) is 17.5 Å². The first-order chi connectivity index (χ1) is 7.65. The minimum atomic E-state index is 0.483. The Bertz CT molecular complexity index is 603. The number of hydrogen-bond acceptors (Lipinski definition) is 3. The summed E-state index contributed by atoms with van der Waals surface area (Å²) >= 11 is 5.91. The second kappa shape index (κ2) is 3.23. The van der Waals surface area contributed by atoms with Gasteiger partial charge in [0.25, 0.3) is 0 Å². The van der Waals surface area contributed by atoms with Crippen LogP contribution in [0.25, 0.3) is 17.2 Å². The van der Waals surface area contributed by atoms with E-state index in [1.165, 1.54) is 0 Å². The molecule has 1 aromatic carbocycles. The molecule has 2 aromatic rings. The monoisotopic (exact) mass is 235 g/mol. The van der Waals surface area contributed by atoms with Gasteiger partial charge in [0.15, 0.2) is 0 Å². The van der Waals surface area contributed by atoms with Crippen molar-refractivity contribution in [2.45, 2.75) is 6.92 Å². The quantitative estimate of drug-likeness (QED) is 0.764. The van der Waals surface area contributed by atoms with Crippen molar-refractivity contribution in [1.82, 2.24) is 9.55 Å². The van der Waals surface area contributed by atoms with Crippen molar-refractivity contribution in [3.05, 3.63) is 28.8 Å². The largest absolute Gasteiger partial charge is 0.285 e. The van der Waals surface area contributed by atoms with E-state index in [1.807, 2.05) is 29.8 Å². The zero-order valence-corrected chi connectivity index (χ0v) is 9.44. The highest BCUT2D eigenvalue weighted by atomic mass is 35.5. The maximum absolute atomic E-state index is 9.78. The van der Waals surface area contributed by atoms with Gasteiger partial charge in [0.2, 0.25) is 5.95 Å². The van der Waals surface area contributed by atoms with Gasteiger partial charge < -0.3 is 0 Å². The zero-order valence-electron chi connectivity index (χ0n) is 8.68. The van der Waals surface area contributed by atoms with E-state index in [0.717, 1.165) is 21.7 Å². The van der Waals surface area contributed by atoms with Crippen LogP contribution in [0.4, 0.5) is 5.95 Å². The smallest absolute Gasteiger partial charge is 0.235 e. The van der Waals surface area contributed by atoms with Crippen LogP contribution in [-0.4, -0.2) is 21.3 Å². The Morgan fingerprint density at radius 1 is 1.44 bits per heavy atom. The highest BCUT2D eigenvalue weighted by molar-refractivity contribution is 6.31. The van der Waals surface area contributed by atoms with E-state index >= 15 is 0 Å². The van der Waals surface area contributed by atoms with Crippen LogP contribution in [0.3, 0.4) is 0 Å². The number of fused-ring (bicyclic) bond motifs is 3. The van der Waals surface area contributed by atoms with Crippen molar-refractivity contribution in [3.63, 3.8) is 0 Å². The number of imidazole rings is 1. The van der Waals surface area contributed by atoms with Crippen LogP contribution in [0.1, 0.15) is 6.92 Å². The van der Waals surface area contributed by atoms with Gasteiger partial charge in [-0.25, -0.2) is 10.0 Å². The Hall–Kier alpha value is -1.52. The third-order valence-corrected chi connectivity index (χ3v) is 2.85. The molecule has 0 bridgehead atoms. The molecule has 5 heteroatoms. The van der Waals surface area contributed by atoms with Crippen LogP contribution in [-0.2, 0) is 0 Å². The van der Waals surface area contributed by atoms with Crippen molar-refractivity contribution >= 4 is 34.8 Å². The standard InChI is InChI=1S/C11H10ClN3O/c1-7-5-14-10-3-2-8(12)4-9(10)13-11(14)15(16)6-7/h2-5,16H,6H2,1H3. The number of nitrogens with zero attached hydrogens (tertiary/aromatic N) is 3. The Morgan fingerprint density at radius 3 is 3.06 bits per heavy atom. The van der Waals surface area contributed by atoms with E-state index < -0.39 is 0 Å². The van der Waals surface area contributed by atoms with Crippen LogP contribution in [0.5, 0.6) is 0 Å². The fourth-order valence-electron chi connectivity index (χ4n) is 1.94. The molecule has 3 rings (SSSR count). The molecule has 0 atom stereocenters. The SMILES string of the molecule is CC1=Cn2c(nc3cc(Cl)ccc32)N(O)C1. The molecule has 4 nitrogen and oxygen atoms in total. The molecule has 0 unspecified atom stereocenters. The topological polar surface area (TPSA) is 41.3 Å². The summed E-state index contributed by atoms with van der Waals surface area (Å²) < 4.78 is 1.87. The molecule has 1 aliphatic rings. The third kappa shape index (κ3) is 1.31. The number of aromatic nitrogens is 2. The number of benzene rings is 1. The zero-order chi connectivity index (χ0) is 11.3. The third-order valence-electron chi connectivity index (χ3n) is 2.61. The van der Waals surface area contributed by atoms with Crippen LogP contribution in [0.15, 0.2) is 23.8 Å². The lowest BCUT2D eigenvalue weighted by atomic mass is 10.3. The fourth-order valence-corrected chi connectivity index (χ4v) is 2.10. The number of rotatable bonds is 0. The summed E-state index contributed by atoms with van der Waals surface area (Å²) in [5.41, 5.74) is 2.80. The lowest BCUT2D eigenvalue weighted by Gasteiger charge is -2.21. The molecule has 82 valence electrons. The van der Waals surface area contributed by atoms with Crippen molar-refractivity contribution in [3.8, 4) is 0 Å². The van der Waals surface area contributed by atoms with Gasteiger partial charge in [0, 0.05) is 11.2 Å². The van der Waals surface area contributed by atoms with Crippen molar-refractivity contribution < 1.29 is 5.21 Å². The molecule has 0 saturated carbocycles. The predicted octanol–water partition coefficient (Wildman–Crippen LogP) is 2.76. The minimum absolute atomic E-state index is 0.483. The van der Waals surface area contributed by atoms with Gasteiger partial charge in [-0.05, 0) is 30.7 Å². The van der Waals surface area contributed by atoms with Crippen LogP contribution in [0, 0.1) is 0 Å². The summed E-state index contributed by atoms with van der Waals surface area (Å²) in [6, 6.07) is 5.51. The number of halogens is 1. The Balaban J connectivity index is 2.35. The number of anilines is 1. The number of hydrogen-bond donors (Lipinski definition) is 1. The van der Waals surface area contributed by atoms with Gasteiger partial charge in [0.05, 0.1) is 17.6 Å². The number of hydroxylamine groups is 1. The van der Waals surface area contributed by atoms with Crippen LogP contribution < -0.4 is 5.06 Å². The molecule has 16 heavy (non-hydrogen) atoms. The average molecular weight is 236 g/mol. The fraction of sp³-hybridized carbons (Fsp3) is 0.182. The van der Waals surface area contributed by atoms with Gasteiger partial charge in [-0.2, -0.15) is 0 Å². The molecule has 0 fully saturated rings. The Kier molecular flexibility index (Phi) is 1.96.